The molecule has 0 unspecified atom stereocenters. The zero-order chi connectivity index (χ0) is 17.8. The molecule has 0 atom stereocenters. The van der Waals surface area contributed by atoms with Gasteiger partial charge in [-0.15, -0.1) is 0 Å². The maximum atomic E-state index is 12.1. The molecule has 0 spiro atoms. The van der Waals surface area contributed by atoms with Crippen molar-refractivity contribution in [1.29, 1.82) is 0 Å². The number of carbonyl (C=O) groups is 1. The summed E-state index contributed by atoms with van der Waals surface area (Å²) < 4.78 is 0. The second-order valence-electron chi connectivity index (χ2n) is 5.84. The van der Waals surface area contributed by atoms with E-state index in [2.05, 4.69) is 37.7 Å². The molecule has 0 aliphatic carbocycles. The van der Waals surface area contributed by atoms with Crippen molar-refractivity contribution in [3.8, 4) is 0 Å². The molecule has 8 nitrogen and oxygen atoms in total. The average molecular weight is 362 g/mol. The molecular weight excluding hydrogens is 342 g/mol. The van der Waals surface area contributed by atoms with Crippen LogP contribution in [-0.4, -0.2) is 54.0 Å². The first-order valence-electron chi connectivity index (χ1n) is 7.90. The zero-order valence-electron chi connectivity index (χ0n) is 13.9. The summed E-state index contributed by atoms with van der Waals surface area (Å²) in [5, 5.41) is 0.571. The van der Waals surface area contributed by atoms with Crippen molar-refractivity contribution in [2.45, 2.75) is 0 Å². The zero-order valence-corrected chi connectivity index (χ0v) is 14.6. The highest BCUT2D eigenvalue weighted by Gasteiger charge is 2.19. The number of nitrogens with two attached hydrogens (primary N) is 1. The first kappa shape index (κ1) is 17.2. The lowest BCUT2D eigenvalue weighted by Gasteiger charge is -2.33. The van der Waals surface area contributed by atoms with Crippen LogP contribution in [0.1, 0.15) is 10.4 Å². The Morgan fingerprint density at radius 2 is 1.84 bits per heavy atom. The van der Waals surface area contributed by atoms with Crippen LogP contribution < -0.4 is 21.5 Å². The Labute approximate surface area is 151 Å². The molecule has 1 aromatic carbocycles. The van der Waals surface area contributed by atoms with Gasteiger partial charge in [0.2, 0.25) is 0 Å². The Morgan fingerprint density at radius 3 is 2.52 bits per heavy atom. The summed E-state index contributed by atoms with van der Waals surface area (Å²) in [5.74, 6) is 0.730. The Hall–Kier alpha value is -2.58. The second-order valence-corrected chi connectivity index (χ2v) is 6.27. The van der Waals surface area contributed by atoms with Crippen LogP contribution in [0.5, 0.6) is 0 Å². The number of nitrogens with one attached hydrogen (secondary N) is 2. The molecule has 1 aliphatic rings. The van der Waals surface area contributed by atoms with Crippen LogP contribution in [0.4, 0.5) is 17.3 Å². The predicted molar refractivity (Wildman–Crippen MR) is 98.7 cm³/mol. The molecule has 2 aromatic rings. The van der Waals surface area contributed by atoms with Gasteiger partial charge in [-0.05, 0) is 31.3 Å². The number of piperazine rings is 1. The van der Waals surface area contributed by atoms with E-state index in [1.165, 1.54) is 6.33 Å². The van der Waals surface area contributed by atoms with Crippen molar-refractivity contribution in [1.82, 2.24) is 20.3 Å². The van der Waals surface area contributed by atoms with E-state index >= 15 is 0 Å². The number of nitrogens with zero attached hydrogens (tertiary/aromatic N) is 4. The molecule has 1 fully saturated rings. The van der Waals surface area contributed by atoms with Gasteiger partial charge in [-0.1, -0.05) is 11.6 Å². The minimum absolute atomic E-state index is 0.309. The maximum Gasteiger partial charge on any atom is 0.269 e. The van der Waals surface area contributed by atoms with Gasteiger partial charge >= 0.3 is 0 Å². The molecule has 25 heavy (non-hydrogen) atoms. The maximum absolute atomic E-state index is 12.1. The largest absolute Gasteiger partial charge is 0.393 e. The summed E-state index contributed by atoms with van der Waals surface area (Å²) in [4.78, 5) is 24.9. The number of amides is 1. The molecule has 1 aromatic heterocycles. The molecule has 132 valence electrons. The summed E-state index contributed by atoms with van der Waals surface area (Å²) >= 11 is 5.82. The van der Waals surface area contributed by atoms with Crippen molar-refractivity contribution >= 4 is 34.8 Å². The van der Waals surface area contributed by atoms with Crippen molar-refractivity contribution in [2.75, 3.05) is 49.3 Å². The third kappa shape index (κ3) is 4.09. The minimum Gasteiger partial charge on any atom is -0.393 e. The molecule has 1 saturated heterocycles. The lowest BCUT2D eigenvalue weighted by Crippen LogP contribution is -2.45. The van der Waals surface area contributed by atoms with E-state index in [1.807, 2.05) is 0 Å². The molecule has 0 radical (unpaired) electrons. The number of likely N-dealkylation sites (N-methyl/N-ethyl adjacent to an activating group) is 1. The molecule has 1 amide bonds. The van der Waals surface area contributed by atoms with Gasteiger partial charge in [-0.25, -0.2) is 9.97 Å². The Morgan fingerprint density at radius 1 is 1.16 bits per heavy atom. The molecule has 1 aliphatic heterocycles. The van der Waals surface area contributed by atoms with Crippen molar-refractivity contribution < 1.29 is 4.79 Å². The summed E-state index contributed by atoms with van der Waals surface area (Å²) in [6, 6.07) is 6.58. The highest BCUT2D eigenvalue weighted by molar-refractivity contribution is 6.30. The number of hydrogen-bond acceptors (Lipinski definition) is 7. The van der Waals surface area contributed by atoms with E-state index in [4.69, 9.17) is 17.3 Å². The number of hydrazine groups is 1. The SMILES string of the molecule is CN1CCN(c2ncnc(NNC(=O)c3ccc(Cl)cc3)c2N)CC1. The fourth-order valence-corrected chi connectivity index (χ4v) is 2.67. The van der Waals surface area contributed by atoms with Gasteiger partial charge in [0.1, 0.15) is 12.0 Å². The quantitative estimate of drug-likeness (QED) is 0.704. The van der Waals surface area contributed by atoms with Gasteiger partial charge in [0.25, 0.3) is 5.91 Å². The van der Waals surface area contributed by atoms with E-state index in [0.29, 0.717) is 27.9 Å². The predicted octanol–water partition coefficient (Wildman–Crippen LogP) is 1.22. The number of hydrogen-bond donors (Lipinski definition) is 3. The molecular formula is C16H20ClN7O. The van der Waals surface area contributed by atoms with Crippen LogP contribution in [0.3, 0.4) is 0 Å². The lowest BCUT2D eigenvalue weighted by atomic mass is 10.2. The highest BCUT2D eigenvalue weighted by atomic mass is 35.5. The second kappa shape index (κ2) is 7.54. The Bertz CT molecular complexity index is 745. The fraction of sp³-hybridized carbons (Fsp3) is 0.312. The smallest absolute Gasteiger partial charge is 0.269 e. The topological polar surface area (TPSA) is 99.4 Å². The highest BCUT2D eigenvalue weighted by Crippen LogP contribution is 2.26. The lowest BCUT2D eigenvalue weighted by molar-refractivity contribution is 0.0962. The number of benzene rings is 1. The van der Waals surface area contributed by atoms with Crippen LogP contribution in [0.15, 0.2) is 30.6 Å². The van der Waals surface area contributed by atoms with E-state index in [0.717, 1.165) is 26.2 Å². The third-order valence-electron chi connectivity index (χ3n) is 4.07. The van der Waals surface area contributed by atoms with Crippen LogP contribution >= 0.6 is 11.6 Å². The number of carbonyl (C=O) groups excluding carboxylic acids is 1. The molecule has 2 heterocycles. The molecule has 9 heteroatoms. The van der Waals surface area contributed by atoms with Crippen molar-refractivity contribution in [3.63, 3.8) is 0 Å². The minimum atomic E-state index is -0.309. The summed E-state index contributed by atoms with van der Waals surface area (Å²) in [5.41, 5.74) is 12.4. The average Bonchev–Trinajstić information content (AvgIpc) is 2.62. The van der Waals surface area contributed by atoms with E-state index in [9.17, 15) is 4.79 Å². The number of anilines is 3. The van der Waals surface area contributed by atoms with Gasteiger partial charge in [-0.3, -0.25) is 15.6 Å². The molecule has 0 bridgehead atoms. The van der Waals surface area contributed by atoms with Gasteiger partial charge < -0.3 is 15.5 Å². The van der Waals surface area contributed by atoms with Crippen LogP contribution in [-0.2, 0) is 0 Å². The first-order valence-corrected chi connectivity index (χ1v) is 8.28. The van der Waals surface area contributed by atoms with Gasteiger partial charge in [-0.2, -0.15) is 0 Å². The van der Waals surface area contributed by atoms with Crippen LogP contribution in [0.25, 0.3) is 0 Å². The Balaban J connectivity index is 1.67. The summed E-state index contributed by atoms with van der Waals surface area (Å²) in [6.07, 6.45) is 1.43. The number of rotatable bonds is 4. The molecule has 3 rings (SSSR count). The standard InChI is InChI=1S/C16H20ClN7O/c1-23-6-8-24(9-7-23)15-13(18)14(19-10-20-15)21-22-16(25)11-2-4-12(17)5-3-11/h2-5,10H,6-9,18H2,1H3,(H,22,25)(H,19,20,21). The van der Waals surface area contributed by atoms with E-state index < -0.39 is 0 Å². The number of aromatic nitrogens is 2. The Kier molecular flexibility index (Phi) is 5.20. The number of halogens is 1. The van der Waals surface area contributed by atoms with Gasteiger partial charge in [0.05, 0.1) is 0 Å². The van der Waals surface area contributed by atoms with E-state index in [-0.39, 0.29) is 5.91 Å². The fourth-order valence-electron chi connectivity index (χ4n) is 2.55. The van der Waals surface area contributed by atoms with Crippen molar-refractivity contribution in [3.05, 3.63) is 41.2 Å². The normalized spacial score (nSPS) is 15.0. The van der Waals surface area contributed by atoms with Gasteiger partial charge in [0, 0.05) is 36.8 Å². The summed E-state index contributed by atoms with van der Waals surface area (Å²) in [6.45, 7) is 3.57. The monoisotopic (exact) mass is 361 g/mol. The van der Waals surface area contributed by atoms with Crippen molar-refractivity contribution in [2.24, 2.45) is 0 Å². The van der Waals surface area contributed by atoms with Gasteiger partial charge in [0.15, 0.2) is 11.6 Å². The van der Waals surface area contributed by atoms with Crippen LogP contribution in [0.2, 0.25) is 5.02 Å². The summed E-state index contributed by atoms with van der Waals surface area (Å²) in [7, 11) is 2.08. The first-order chi connectivity index (χ1) is 12.0. The van der Waals surface area contributed by atoms with Crippen LogP contribution in [0, 0.1) is 0 Å². The third-order valence-corrected chi connectivity index (χ3v) is 4.32. The number of nitrogen functional groups attached to an aromatic ring is 1. The molecule has 4 N–H and O–H groups in total. The van der Waals surface area contributed by atoms with E-state index in [1.54, 1.807) is 24.3 Å². The molecule has 0 saturated carbocycles.